The van der Waals surface area contributed by atoms with Crippen molar-refractivity contribution in [3.8, 4) is 5.75 Å². The van der Waals surface area contributed by atoms with E-state index in [2.05, 4.69) is 50.4 Å². The van der Waals surface area contributed by atoms with Crippen molar-refractivity contribution in [3.63, 3.8) is 0 Å². The Kier molecular flexibility index (Phi) is 9.14. The van der Waals surface area contributed by atoms with Crippen molar-refractivity contribution >= 4 is 0 Å². The van der Waals surface area contributed by atoms with Crippen molar-refractivity contribution in [1.82, 2.24) is 5.32 Å². The molecule has 1 atom stereocenters. The lowest BCUT2D eigenvalue weighted by Crippen LogP contribution is -2.22. The van der Waals surface area contributed by atoms with Crippen LogP contribution in [0.4, 0.5) is 0 Å². The van der Waals surface area contributed by atoms with Crippen molar-refractivity contribution in [1.29, 1.82) is 0 Å². The normalized spacial score (nSPS) is 12.3. The summed E-state index contributed by atoms with van der Waals surface area (Å²) in [6, 6.07) is 8.93. The zero-order chi connectivity index (χ0) is 14.6. The molecule has 114 valence electrons. The molecule has 1 aromatic rings. The summed E-state index contributed by atoms with van der Waals surface area (Å²) in [5, 5.41) is 3.68. The van der Waals surface area contributed by atoms with E-state index in [1.807, 2.05) is 0 Å². The highest BCUT2D eigenvalue weighted by atomic mass is 16.5. The number of nitrogens with one attached hydrogen (secondary N) is 1. The van der Waals surface area contributed by atoms with Gasteiger partial charge >= 0.3 is 0 Å². The first-order valence-electron chi connectivity index (χ1n) is 8.28. The van der Waals surface area contributed by atoms with E-state index in [-0.39, 0.29) is 0 Å². The molecule has 0 saturated carbocycles. The molecule has 0 saturated heterocycles. The third-order valence-corrected chi connectivity index (χ3v) is 3.49. The van der Waals surface area contributed by atoms with Gasteiger partial charge in [-0.2, -0.15) is 0 Å². The van der Waals surface area contributed by atoms with Gasteiger partial charge in [0.15, 0.2) is 0 Å². The number of unbranched alkanes of at least 4 members (excludes halogenated alkanes) is 2. The van der Waals surface area contributed by atoms with Crippen LogP contribution in [0.25, 0.3) is 0 Å². The SMILES string of the molecule is CCCCCC(NCCC)c1ccccc1OCCC. The van der Waals surface area contributed by atoms with Crippen LogP contribution in [0.3, 0.4) is 0 Å². The number of hydrogen-bond donors (Lipinski definition) is 1. The van der Waals surface area contributed by atoms with Crippen molar-refractivity contribution in [3.05, 3.63) is 29.8 Å². The van der Waals surface area contributed by atoms with Gasteiger partial charge in [-0.1, -0.05) is 58.2 Å². The van der Waals surface area contributed by atoms with Crippen molar-refractivity contribution in [2.75, 3.05) is 13.2 Å². The van der Waals surface area contributed by atoms with E-state index in [4.69, 9.17) is 4.74 Å². The Labute approximate surface area is 124 Å². The fourth-order valence-electron chi connectivity index (χ4n) is 2.40. The summed E-state index contributed by atoms with van der Waals surface area (Å²) in [4.78, 5) is 0. The highest BCUT2D eigenvalue weighted by Crippen LogP contribution is 2.29. The molecule has 0 aromatic heterocycles. The van der Waals surface area contributed by atoms with E-state index >= 15 is 0 Å². The number of ether oxygens (including phenoxy) is 1. The third kappa shape index (κ3) is 5.96. The second-order valence-corrected chi connectivity index (χ2v) is 5.39. The van der Waals surface area contributed by atoms with E-state index in [9.17, 15) is 0 Å². The first-order chi connectivity index (χ1) is 9.83. The van der Waals surface area contributed by atoms with Crippen LogP contribution in [-0.4, -0.2) is 13.2 Å². The van der Waals surface area contributed by atoms with Crippen LogP contribution in [0.15, 0.2) is 24.3 Å². The summed E-state index contributed by atoms with van der Waals surface area (Å²) in [5.41, 5.74) is 1.32. The Bertz CT molecular complexity index is 351. The van der Waals surface area contributed by atoms with Crippen molar-refractivity contribution in [2.24, 2.45) is 0 Å². The van der Waals surface area contributed by atoms with Gasteiger partial charge in [-0.15, -0.1) is 0 Å². The van der Waals surface area contributed by atoms with E-state index < -0.39 is 0 Å². The van der Waals surface area contributed by atoms with E-state index in [1.165, 1.54) is 37.7 Å². The molecule has 0 spiro atoms. The van der Waals surface area contributed by atoms with Gasteiger partial charge < -0.3 is 10.1 Å². The lowest BCUT2D eigenvalue weighted by molar-refractivity contribution is 0.308. The molecule has 0 heterocycles. The summed E-state index contributed by atoms with van der Waals surface area (Å²) < 4.78 is 5.91. The molecule has 1 N–H and O–H groups in total. The number of rotatable bonds is 11. The van der Waals surface area contributed by atoms with Crippen LogP contribution in [-0.2, 0) is 0 Å². The molecule has 0 amide bonds. The van der Waals surface area contributed by atoms with Crippen LogP contribution in [0.2, 0.25) is 0 Å². The molecule has 1 rings (SSSR count). The molecule has 1 unspecified atom stereocenters. The minimum Gasteiger partial charge on any atom is -0.493 e. The Morgan fingerprint density at radius 1 is 1.00 bits per heavy atom. The Hall–Kier alpha value is -1.02. The standard InChI is InChI=1S/C18H31NO/c1-4-7-8-12-17(19-14-5-2)16-11-9-10-13-18(16)20-15-6-3/h9-11,13,17,19H,4-8,12,14-15H2,1-3H3. The van der Waals surface area contributed by atoms with Crippen molar-refractivity contribution in [2.45, 2.75) is 65.3 Å². The molecule has 0 aliphatic rings. The zero-order valence-electron chi connectivity index (χ0n) is 13.5. The molecule has 0 aliphatic carbocycles. The average Bonchev–Trinajstić information content (AvgIpc) is 2.49. The zero-order valence-corrected chi connectivity index (χ0v) is 13.5. The van der Waals surface area contributed by atoms with Gasteiger partial charge in [0.05, 0.1) is 6.61 Å². The largest absolute Gasteiger partial charge is 0.493 e. The molecule has 0 fully saturated rings. The minimum atomic E-state index is 0.426. The Balaban J connectivity index is 2.76. The van der Waals surface area contributed by atoms with Gasteiger partial charge in [0.1, 0.15) is 5.75 Å². The molecule has 0 radical (unpaired) electrons. The topological polar surface area (TPSA) is 21.3 Å². The molecule has 0 aliphatic heterocycles. The molecule has 0 bridgehead atoms. The summed E-state index contributed by atoms with van der Waals surface area (Å²) in [7, 11) is 0. The lowest BCUT2D eigenvalue weighted by Gasteiger charge is -2.22. The summed E-state index contributed by atoms with van der Waals surface area (Å²) in [6.07, 6.45) is 7.27. The van der Waals surface area contributed by atoms with Gasteiger partial charge in [0, 0.05) is 11.6 Å². The monoisotopic (exact) mass is 277 g/mol. The molecular formula is C18H31NO. The fourth-order valence-corrected chi connectivity index (χ4v) is 2.40. The Morgan fingerprint density at radius 3 is 2.50 bits per heavy atom. The molecule has 2 heteroatoms. The van der Waals surface area contributed by atoms with Crippen LogP contribution in [0, 0.1) is 0 Å². The second-order valence-electron chi connectivity index (χ2n) is 5.39. The number of benzene rings is 1. The predicted octanol–water partition coefficient (Wildman–Crippen LogP) is 5.10. The molecule has 2 nitrogen and oxygen atoms in total. The number of hydrogen-bond acceptors (Lipinski definition) is 2. The van der Waals surface area contributed by atoms with E-state index in [0.717, 1.165) is 25.3 Å². The first kappa shape index (κ1) is 17.0. The summed E-state index contributed by atoms with van der Waals surface area (Å²) in [6.45, 7) is 8.49. The molecular weight excluding hydrogens is 246 g/mol. The van der Waals surface area contributed by atoms with E-state index in [0.29, 0.717) is 6.04 Å². The third-order valence-electron chi connectivity index (χ3n) is 3.49. The fraction of sp³-hybridized carbons (Fsp3) is 0.667. The van der Waals surface area contributed by atoms with Crippen LogP contribution >= 0.6 is 0 Å². The number of para-hydroxylation sites is 1. The maximum Gasteiger partial charge on any atom is 0.124 e. The van der Waals surface area contributed by atoms with Crippen molar-refractivity contribution < 1.29 is 4.74 Å². The van der Waals surface area contributed by atoms with Gasteiger partial charge in [0.2, 0.25) is 0 Å². The molecule has 1 aromatic carbocycles. The highest BCUT2D eigenvalue weighted by molar-refractivity contribution is 5.36. The minimum absolute atomic E-state index is 0.426. The van der Waals surface area contributed by atoms with Crippen LogP contribution in [0.1, 0.15) is 70.9 Å². The maximum atomic E-state index is 5.91. The summed E-state index contributed by atoms with van der Waals surface area (Å²) >= 11 is 0. The smallest absolute Gasteiger partial charge is 0.124 e. The van der Waals surface area contributed by atoms with Crippen LogP contribution in [0.5, 0.6) is 5.75 Å². The van der Waals surface area contributed by atoms with Gasteiger partial charge in [-0.3, -0.25) is 0 Å². The maximum absolute atomic E-state index is 5.91. The predicted molar refractivity (Wildman–Crippen MR) is 87.4 cm³/mol. The average molecular weight is 277 g/mol. The second kappa shape index (κ2) is 10.7. The van der Waals surface area contributed by atoms with E-state index in [1.54, 1.807) is 0 Å². The van der Waals surface area contributed by atoms with Gasteiger partial charge in [0.25, 0.3) is 0 Å². The quantitative estimate of drug-likeness (QED) is 0.568. The first-order valence-corrected chi connectivity index (χ1v) is 8.28. The van der Waals surface area contributed by atoms with Crippen LogP contribution < -0.4 is 10.1 Å². The summed E-state index contributed by atoms with van der Waals surface area (Å²) in [5.74, 6) is 1.06. The highest BCUT2D eigenvalue weighted by Gasteiger charge is 2.14. The van der Waals surface area contributed by atoms with Gasteiger partial charge in [-0.05, 0) is 31.9 Å². The van der Waals surface area contributed by atoms with Gasteiger partial charge in [-0.25, -0.2) is 0 Å². The lowest BCUT2D eigenvalue weighted by atomic mass is 9.99. The molecule has 20 heavy (non-hydrogen) atoms. The Morgan fingerprint density at radius 2 is 1.80 bits per heavy atom.